The molecule has 0 fully saturated rings. The summed E-state index contributed by atoms with van der Waals surface area (Å²) in [6.07, 6.45) is 1.14. The number of aromatic nitrogens is 1. The molecule has 1 heterocycles. The Morgan fingerprint density at radius 1 is 1.47 bits per heavy atom. The van der Waals surface area contributed by atoms with E-state index in [4.69, 9.17) is 21.1 Å². The van der Waals surface area contributed by atoms with Crippen molar-refractivity contribution in [2.75, 3.05) is 0 Å². The van der Waals surface area contributed by atoms with Gasteiger partial charge in [0.15, 0.2) is 12.2 Å². The van der Waals surface area contributed by atoms with Crippen molar-refractivity contribution in [3.05, 3.63) is 41.1 Å². The maximum atomic E-state index is 13.5. The molecule has 2 rings (SSSR count). The molecule has 0 saturated carbocycles. The number of hydrogen-bond donors (Lipinski definition) is 1. The van der Waals surface area contributed by atoms with E-state index in [1.165, 1.54) is 12.1 Å². The Labute approximate surface area is 90.1 Å². The van der Waals surface area contributed by atoms with Gasteiger partial charge in [-0.3, -0.25) is 0 Å². The summed E-state index contributed by atoms with van der Waals surface area (Å²) in [5.74, 6) is -0.338. The molecular weight excluding hydrogens is 221 g/mol. The molecule has 0 aliphatic heterocycles. The molecule has 0 unspecified atom stereocenters. The smallest absolute Gasteiger partial charge is 0.181 e. The van der Waals surface area contributed by atoms with Gasteiger partial charge in [0.05, 0.1) is 17.2 Å². The van der Waals surface area contributed by atoms with Gasteiger partial charge in [-0.25, -0.2) is 9.37 Å². The Kier molecular flexibility index (Phi) is 2.70. The predicted octanol–water partition coefficient (Wildman–Crippen LogP) is 2.63. The monoisotopic (exact) mass is 227 g/mol. The molecule has 0 bridgehead atoms. The van der Waals surface area contributed by atoms with Crippen molar-refractivity contribution in [1.29, 1.82) is 0 Å². The first-order chi connectivity index (χ1) is 7.24. The van der Waals surface area contributed by atoms with Crippen molar-refractivity contribution in [2.24, 2.45) is 0 Å². The first kappa shape index (κ1) is 10.1. The number of rotatable bonds is 2. The topological polar surface area (TPSA) is 46.3 Å². The fourth-order valence-corrected chi connectivity index (χ4v) is 1.55. The lowest BCUT2D eigenvalue weighted by Gasteiger charge is -2.03. The van der Waals surface area contributed by atoms with Crippen molar-refractivity contribution < 1.29 is 13.9 Å². The molecular formula is C10H7ClFNO2. The lowest BCUT2D eigenvalue weighted by molar-refractivity contribution is 0.277. The number of nitrogens with zero attached hydrogens (tertiary/aromatic N) is 1. The standard InChI is InChI=1S/C10H7ClFNO2/c11-6-2-1-3-7(12)9(6)10-8(4-14)13-5-15-10/h1-3,5,14H,4H2. The van der Waals surface area contributed by atoms with Crippen molar-refractivity contribution >= 4 is 11.6 Å². The fraction of sp³-hybridized carbons (Fsp3) is 0.100. The molecule has 0 aliphatic rings. The number of hydrogen-bond acceptors (Lipinski definition) is 3. The molecule has 5 heteroatoms. The van der Waals surface area contributed by atoms with E-state index in [-0.39, 0.29) is 28.6 Å². The first-order valence-electron chi connectivity index (χ1n) is 4.21. The van der Waals surface area contributed by atoms with E-state index in [1.807, 2.05) is 0 Å². The van der Waals surface area contributed by atoms with Crippen LogP contribution >= 0.6 is 11.6 Å². The number of benzene rings is 1. The molecule has 1 aromatic heterocycles. The number of halogens is 2. The van der Waals surface area contributed by atoms with Gasteiger partial charge >= 0.3 is 0 Å². The lowest BCUT2D eigenvalue weighted by Crippen LogP contribution is -1.90. The summed E-state index contributed by atoms with van der Waals surface area (Å²) in [7, 11) is 0. The third-order valence-corrected chi connectivity index (χ3v) is 2.30. The van der Waals surface area contributed by atoms with Crippen molar-refractivity contribution in [3.8, 4) is 11.3 Å². The summed E-state index contributed by atoms with van der Waals surface area (Å²) in [4.78, 5) is 3.75. The molecule has 3 nitrogen and oxygen atoms in total. The van der Waals surface area contributed by atoms with Crippen LogP contribution < -0.4 is 0 Å². The van der Waals surface area contributed by atoms with Gasteiger partial charge in [0, 0.05) is 0 Å². The van der Waals surface area contributed by atoms with Gasteiger partial charge < -0.3 is 9.52 Å². The van der Waals surface area contributed by atoms with Crippen LogP contribution in [0, 0.1) is 5.82 Å². The number of aliphatic hydroxyl groups is 1. The quantitative estimate of drug-likeness (QED) is 0.858. The van der Waals surface area contributed by atoms with Crippen LogP contribution in [0.2, 0.25) is 5.02 Å². The van der Waals surface area contributed by atoms with Gasteiger partial charge in [0.25, 0.3) is 0 Å². The average molecular weight is 228 g/mol. The van der Waals surface area contributed by atoms with E-state index < -0.39 is 5.82 Å². The number of aliphatic hydroxyl groups excluding tert-OH is 1. The summed E-state index contributed by atoms with van der Waals surface area (Å²) in [6.45, 7) is -0.323. The molecule has 0 radical (unpaired) electrons. The highest BCUT2D eigenvalue weighted by atomic mass is 35.5. The summed E-state index contributed by atoms with van der Waals surface area (Å²) in [5.41, 5.74) is 0.391. The Balaban J connectivity index is 2.63. The second-order valence-corrected chi connectivity index (χ2v) is 3.29. The zero-order chi connectivity index (χ0) is 10.8. The SMILES string of the molecule is OCc1ncoc1-c1c(F)cccc1Cl. The van der Waals surface area contributed by atoms with Crippen LogP contribution in [0.1, 0.15) is 5.69 Å². The van der Waals surface area contributed by atoms with Gasteiger partial charge in [-0.2, -0.15) is 0 Å². The summed E-state index contributed by atoms with van der Waals surface area (Å²) in [5, 5.41) is 9.19. The van der Waals surface area contributed by atoms with Gasteiger partial charge in [-0.15, -0.1) is 0 Å². The molecule has 1 aromatic carbocycles. The Morgan fingerprint density at radius 2 is 2.27 bits per heavy atom. The van der Waals surface area contributed by atoms with Gasteiger partial charge in [-0.1, -0.05) is 17.7 Å². The maximum Gasteiger partial charge on any atom is 0.181 e. The summed E-state index contributed by atoms with van der Waals surface area (Å²) >= 11 is 5.84. The van der Waals surface area contributed by atoms with E-state index in [9.17, 15) is 4.39 Å². The maximum absolute atomic E-state index is 13.5. The highest BCUT2D eigenvalue weighted by molar-refractivity contribution is 6.33. The van der Waals surface area contributed by atoms with E-state index in [0.29, 0.717) is 0 Å². The lowest BCUT2D eigenvalue weighted by atomic mass is 10.1. The number of oxazole rings is 1. The van der Waals surface area contributed by atoms with Gasteiger partial charge in [0.1, 0.15) is 11.5 Å². The minimum atomic E-state index is -0.506. The zero-order valence-electron chi connectivity index (χ0n) is 7.58. The molecule has 0 aliphatic carbocycles. The van der Waals surface area contributed by atoms with Crippen LogP contribution in [0.4, 0.5) is 4.39 Å². The van der Waals surface area contributed by atoms with Gasteiger partial charge in [0.2, 0.25) is 0 Å². The molecule has 15 heavy (non-hydrogen) atoms. The van der Waals surface area contributed by atoms with Crippen molar-refractivity contribution in [2.45, 2.75) is 6.61 Å². The molecule has 0 saturated heterocycles. The molecule has 0 amide bonds. The van der Waals surface area contributed by atoms with Crippen LogP contribution in [-0.2, 0) is 6.61 Å². The fourth-order valence-electron chi connectivity index (χ4n) is 1.30. The van der Waals surface area contributed by atoms with E-state index in [2.05, 4.69) is 4.98 Å². The average Bonchev–Trinajstić information content (AvgIpc) is 2.65. The highest BCUT2D eigenvalue weighted by Gasteiger charge is 2.17. The zero-order valence-corrected chi connectivity index (χ0v) is 8.33. The summed E-state index contributed by atoms with van der Waals surface area (Å²) < 4.78 is 18.5. The minimum Gasteiger partial charge on any atom is -0.443 e. The Bertz CT molecular complexity index is 464. The minimum absolute atomic E-state index is 0.126. The van der Waals surface area contributed by atoms with E-state index in [0.717, 1.165) is 6.39 Å². The Hall–Kier alpha value is -1.39. The second kappa shape index (κ2) is 4.00. The van der Waals surface area contributed by atoms with Gasteiger partial charge in [-0.05, 0) is 12.1 Å². The molecule has 1 N–H and O–H groups in total. The van der Waals surface area contributed by atoms with Crippen molar-refractivity contribution in [3.63, 3.8) is 0 Å². The highest BCUT2D eigenvalue weighted by Crippen LogP contribution is 2.32. The third-order valence-electron chi connectivity index (χ3n) is 1.98. The third kappa shape index (κ3) is 1.73. The molecule has 2 aromatic rings. The van der Waals surface area contributed by atoms with Crippen LogP contribution in [-0.4, -0.2) is 10.1 Å². The molecule has 0 atom stereocenters. The van der Waals surface area contributed by atoms with Crippen LogP contribution in [0.15, 0.2) is 29.0 Å². The second-order valence-electron chi connectivity index (χ2n) is 2.88. The molecule has 0 spiro atoms. The normalized spacial score (nSPS) is 10.6. The van der Waals surface area contributed by atoms with Crippen LogP contribution in [0.5, 0.6) is 0 Å². The Morgan fingerprint density at radius 3 is 2.93 bits per heavy atom. The summed E-state index contributed by atoms with van der Waals surface area (Å²) in [6, 6.07) is 4.31. The van der Waals surface area contributed by atoms with E-state index in [1.54, 1.807) is 6.07 Å². The van der Waals surface area contributed by atoms with E-state index >= 15 is 0 Å². The molecule has 78 valence electrons. The van der Waals surface area contributed by atoms with Crippen molar-refractivity contribution in [1.82, 2.24) is 4.98 Å². The first-order valence-corrected chi connectivity index (χ1v) is 4.59. The largest absolute Gasteiger partial charge is 0.443 e. The van der Waals surface area contributed by atoms with Crippen LogP contribution in [0.3, 0.4) is 0 Å². The predicted molar refractivity (Wildman–Crippen MR) is 52.8 cm³/mol. The van der Waals surface area contributed by atoms with Crippen LogP contribution in [0.25, 0.3) is 11.3 Å².